The highest BCUT2D eigenvalue weighted by atomic mass is 16.5. The van der Waals surface area contributed by atoms with Crippen molar-refractivity contribution in [1.82, 2.24) is 9.88 Å². The average Bonchev–Trinajstić information content (AvgIpc) is 2.87. The van der Waals surface area contributed by atoms with E-state index in [1.54, 1.807) is 39.5 Å². The van der Waals surface area contributed by atoms with E-state index in [2.05, 4.69) is 34.1 Å². The van der Waals surface area contributed by atoms with Crippen molar-refractivity contribution < 1.29 is 19.0 Å². The highest BCUT2D eigenvalue weighted by molar-refractivity contribution is 5.93. The van der Waals surface area contributed by atoms with E-state index in [1.807, 2.05) is 24.3 Å². The summed E-state index contributed by atoms with van der Waals surface area (Å²) in [6, 6.07) is 16.0. The summed E-state index contributed by atoms with van der Waals surface area (Å²) >= 11 is 0. The maximum atomic E-state index is 13.0. The molecular formula is C26H29N3O4. The molecule has 0 atom stereocenters. The fourth-order valence-electron chi connectivity index (χ4n) is 4.18. The van der Waals surface area contributed by atoms with Crippen LogP contribution in [0, 0.1) is 0 Å². The van der Waals surface area contributed by atoms with Gasteiger partial charge in [0.25, 0.3) is 5.91 Å². The summed E-state index contributed by atoms with van der Waals surface area (Å²) in [6.07, 6.45) is 2.65. The third-order valence-electron chi connectivity index (χ3n) is 5.94. The Morgan fingerprint density at radius 2 is 1.70 bits per heavy atom. The number of hydrogen-bond donors (Lipinski definition) is 0. The Morgan fingerprint density at radius 3 is 2.30 bits per heavy atom. The van der Waals surface area contributed by atoms with Crippen LogP contribution in [0.3, 0.4) is 0 Å². The van der Waals surface area contributed by atoms with Crippen molar-refractivity contribution in [2.75, 3.05) is 39.8 Å². The van der Waals surface area contributed by atoms with Gasteiger partial charge >= 0.3 is 0 Å². The molecule has 0 saturated carbocycles. The number of benzene rings is 2. The van der Waals surface area contributed by atoms with Crippen LogP contribution in [0.1, 0.15) is 27.0 Å². The molecule has 33 heavy (non-hydrogen) atoms. The van der Waals surface area contributed by atoms with Crippen molar-refractivity contribution in [2.45, 2.75) is 19.5 Å². The van der Waals surface area contributed by atoms with Crippen LogP contribution in [0.15, 0.2) is 54.7 Å². The zero-order valence-corrected chi connectivity index (χ0v) is 19.5. The van der Waals surface area contributed by atoms with Gasteiger partial charge in [0.1, 0.15) is 5.82 Å². The summed E-state index contributed by atoms with van der Waals surface area (Å²) in [6.45, 7) is 2.13. The minimum Gasteiger partial charge on any atom is -0.493 e. The molecule has 3 aromatic rings. The number of hydrogen-bond acceptors (Lipinski definition) is 6. The molecule has 1 aliphatic rings. The molecule has 0 unspecified atom stereocenters. The number of carbonyl (C=O) groups is 1. The molecule has 7 nitrogen and oxygen atoms in total. The van der Waals surface area contributed by atoms with E-state index in [1.165, 1.54) is 11.1 Å². The molecule has 4 rings (SSSR count). The quantitative estimate of drug-likeness (QED) is 0.547. The van der Waals surface area contributed by atoms with Crippen molar-refractivity contribution >= 4 is 11.7 Å². The molecule has 7 heteroatoms. The first kappa shape index (κ1) is 22.5. The molecule has 2 heterocycles. The number of aromatic nitrogens is 1. The van der Waals surface area contributed by atoms with E-state index in [0.29, 0.717) is 29.4 Å². The van der Waals surface area contributed by atoms with Gasteiger partial charge in [-0.3, -0.25) is 4.79 Å². The van der Waals surface area contributed by atoms with E-state index in [9.17, 15) is 4.79 Å². The van der Waals surface area contributed by atoms with Crippen LogP contribution in [-0.2, 0) is 19.5 Å². The molecule has 0 saturated heterocycles. The van der Waals surface area contributed by atoms with Crippen LogP contribution in [0.2, 0.25) is 0 Å². The van der Waals surface area contributed by atoms with E-state index in [0.717, 1.165) is 30.9 Å². The fraction of sp³-hybridized carbons (Fsp3) is 0.308. The number of anilines is 1. The summed E-state index contributed by atoms with van der Waals surface area (Å²) in [5.74, 6) is 2.42. The zero-order chi connectivity index (χ0) is 23.4. The lowest BCUT2D eigenvalue weighted by molar-refractivity contribution is 0.0784. The molecule has 0 radical (unpaired) electrons. The summed E-state index contributed by atoms with van der Waals surface area (Å²) in [5, 5.41) is 0. The summed E-state index contributed by atoms with van der Waals surface area (Å²) in [7, 11) is 6.48. The minimum atomic E-state index is -0.105. The number of pyridine rings is 1. The largest absolute Gasteiger partial charge is 0.493 e. The number of methoxy groups -OCH3 is 3. The monoisotopic (exact) mass is 447 g/mol. The van der Waals surface area contributed by atoms with E-state index in [-0.39, 0.29) is 5.91 Å². The van der Waals surface area contributed by atoms with E-state index >= 15 is 0 Å². The van der Waals surface area contributed by atoms with Crippen LogP contribution in [0.5, 0.6) is 17.2 Å². The molecule has 1 aromatic heterocycles. The fourth-order valence-corrected chi connectivity index (χ4v) is 4.18. The van der Waals surface area contributed by atoms with Gasteiger partial charge in [-0.1, -0.05) is 24.3 Å². The van der Waals surface area contributed by atoms with Gasteiger partial charge in [-0.15, -0.1) is 0 Å². The Morgan fingerprint density at radius 1 is 1.00 bits per heavy atom. The van der Waals surface area contributed by atoms with Gasteiger partial charge in [0, 0.05) is 32.9 Å². The second-order valence-corrected chi connectivity index (χ2v) is 8.04. The minimum absolute atomic E-state index is 0.105. The molecule has 0 N–H and O–H groups in total. The highest BCUT2D eigenvalue weighted by Crippen LogP contribution is 2.38. The lowest BCUT2D eigenvalue weighted by atomic mass is 10.00. The van der Waals surface area contributed by atoms with Crippen LogP contribution >= 0.6 is 0 Å². The molecular weight excluding hydrogens is 418 g/mol. The molecule has 0 fully saturated rings. The Labute approximate surface area is 194 Å². The third-order valence-corrected chi connectivity index (χ3v) is 5.94. The Hall–Kier alpha value is -3.74. The van der Waals surface area contributed by atoms with Crippen molar-refractivity contribution in [3.63, 3.8) is 0 Å². The van der Waals surface area contributed by atoms with Crippen molar-refractivity contribution in [2.24, 2.45) is 0 Å². The Kier molecular flexibility index (Phi) is 6.68. The first-order chi connectivity index (χ1) is 16.0. The smallest absolute Gasteiger partial charge is 0.255 e. The van der Waals surface area contributed by atoms with E-state index in [4.69, 9.17) is 14.2 Å². The molecule has 0 aliphatic carbocycles. The Balaban J connectivity index is 1.45. The molecule has 172 valence electrons. The van der Waals surface area contributed by atoms with Gasteiger partial charge < -0.3 is 24.0 Å². The zero-order valence-electron chi connectivity index (χ0n) is 19.5. The highest BCUT2D eigenvalue weighted by Gasteiger charge is 2.19. The maximum absolute atomic E-state index is 13.0. The average molecular weight is 448 g/mol. The van der Waals surface area contributed by atoms with Gasteiger partial charge in [0.05, 0.1) is 26.9 Å². The molecule has 1 aliphatic heterocycles. The normalized spacial score (nSPS) is 12.7. The SMILES string of the molecule is COc1cc(CN(C)C(=O)c2ccc(N3CCc4ccccc4C3)nc2)cc(OC)c1OC. The van der Waals surface area contributed by atoms with Crippen LogP contribution < -0.4 is 19.1 Å². The topological polar surface area (TPSA) is 64.1 Å². The standard InChI is InChI=1S/C26H29N3O4/c1-28(16-18-13-22(31-2)25(33-4)23(14-18)32-3)26(30)20-9-10-24(27-15-20)29-12-11-19-7-5-6-8-21(19)17-29/h5-10,13-15H,11-12,16-17H2,1-4H3. The number of amides is 1. The predicted molar refractivity (Wildman–Crippen MR) is 127 cm³/mol. The van der Waals surface area contributed by atoms with Crippen molar-refractivity contribution in [3.8, 4) is 17.2 Å². The second kappa shape index (κ2) is 9.81. The van der Waals surface area contributed by atoms with Gasteiger partial charge in [-0.2, -0.15) is 0 Å². The molecule has 2 aromatic carbocycles. The third kappa shape index (κ3) is 4.72. The summed E-state index contributed by atoms with van der Waals surface area (Å²) in [4.78, 5) is 21.5. The van der Waals surface area contributed by atoms with Crippen LogP contribution in [-0.4, -0.2) is 50.7 Å². The van der Waals surface area contributed by atoms with Gasteiger partial charge in [0.2, 0.25) is 5.75 Å². The Bertz CT molecular complexity index is 1110. The number of nitrogens with zero attached hydrogens (tertiary/aromatic N) is 3. The number of rotatable bonds is 7. The van der Waals surface area contributed by atoms with E-state index < -0.39 is 0 Å². The van der Waals surface area contributed by atoms with Crippen molar-refractivity contribution in [1.29, 1.82) is 0 Å². The van der Waals surface area contributed by atoms with Gasteiger partial charge in [0.15, 0.2) is 11.5 Å². The second-order valence-electron chi connectivity index (χ2n) is 8.04. The summed E-state index contributed by atoms with van der Waals surface area (Å²) in [5.41, 5.74) is 4.15. The number of ether oxygens (including phenoxy) is 3. The molecule has 0 spiro atoms. The molecule has 0 bridgehead atoms. The van der Waals surface area contributed by atoms with Crippen molar-refractivity contribution in [3.05, 3.63) is 77.0 Å². The molecule has 1 amide bonds. The maximum Gasteiger partial charge on any atom is 0.255 e. The lowest BCUT2D eigenvalue weighted by Gasteiger charge is -2.29. The lowest BCUT2D eigenvalue weighted by Crippen LogP contribution is -2.31. The van der Waals surface area contributed by atoms with Gasteiger partial charge in [-0.05, 0) is 47.4 Å². The first-order valence-corrected chi connectivity index (χ1v) is 10.9. The first-order valence-electron chi connectivity index (χ1n) is 10.9. The van der Waals surface area contributed by atoms with Crippen LogP contribution in [0.4, 0.5) is 5.82 Å². The predicted octanol–water partition coefficient (Wildman–Crippen LogP) is 3.94. The van der Waals surface area contributed by atoms with Gasteiger partial charge in [-0.25, -0.2) is 4.98 Å². The number of carbonyl (C=O) groups excluding carboxylic acids is 1. The summed E-state index contributed by atoms with van der Waals surface area (Å²) < 4.78 is 16.2. The van der Waals surface area contributed by atoms with Crippen LogP contribution in [0.25, 0.3) is 0 Å². The number of fused-ring (bicyclic) bond motifs is 1.